The van der Waals surface area contributed by atoms with Crippen molar-refractivity contribution in [2.75, 3.05) is 50.8 Å². The first-order chi connectivity index (χ1) is 18.0. The third-order valence-corrected chi connectivity index (χ3v) is 7.23. The number of rotatable bonds is 11. The largest absolute Gasteiger partial charge is 0.494 e. The minimum atomic E-state index is -0.484. The van der Waals surface area contributed by atoms with Crippen LogP contribution >= 0.6 is 23.2 Å². The Morgan fingerprint density at radius 3 is 2.65 bits per heavy atom. The molecule has 2 heterocycles. The predicted molar refractivity (Wildman–Crippen MR) is 151 cm³/mol. The number of benzene rings is 2. The van der Waals surface area contributed by atoms with Gasteiger partial charge in [-0.3, -0.25) is 4.90 Å². The summed E-state index contributed by atoms with van der Waals surface area (Å²) in [5.74, 6) is 1.04. The van der Waals surface area contributed by atoms with Crippen LogP contribution in [0.3, 0.4) is 0 Å². The number of aromatic nitrogens is 1. The van der Waals surface area contributed by atoms with Gasteiger partial charge in [0.2, 0.25) is 5.88 Å². The van der Waals surface area contributed by atoms with E-state index in [4.69, 9.17) is 32.7 Å². The van der Waals surface area contributed by atoms with Gasteiger partial charge in [-0.15, -0.1) is 0 Å². The molecule has 0 aliphatic carbocycles. The minimum Gasteiger partial charge on any atom is -0.494 e. The number of ether oxygens (including phenoxy) is 2. The average Bonchev–Trinajstić information content (AvgIpc) is 2.90. The molecule has 37 heavy (non-hydrogen) atoms. The Balaban J connectivity index is 1.18. The zero-order valence-corrected chi connectivity index (χ0v) is 22.7. The van der Waals surface area contributed by atoms with Crippen molar-refractivity contribution in [1.29, 1.82) is 0 Å². The van der Waals surface area contributed by atoms with Crippen LogP contribution in [-0.4, -0.2) is 61.9 Å². The van der Waals surface area contributed by atoms with Crippen molar-refractivity contribution in [1.82, 2.24) is 15.2 Å². The summed E-state index contributed by atoms with van der Waals surface area (Å²) >= 11 is 12.6. The lowest BCUT2D eigenvalue weighted by Crippen LogP contribution is -2.46. The van der Waals surface area contributed by atoms with Crippen LogP contribution in [0.4, 0.5) is 10.5 Å². The standard InChI is InChI=1S/C28H34Cl2N4O3/c1-2-3-13-31-28(35)37-26-12-10-21-9-11-22(20-24(21)32-26)36-19-5-4-14-33-15-17-34(18-16-33)25-8-6-7-23(29)27(25)30/h6-12,20H,2-5,13-19H2,1H3,(H,31,35). The number of pyridine rings is 1. The number of nitrogens with zero attached hydrogens (tertiary/aromatic N) is 3. The fraction of sp³-hybridized carbons (Fsp3) is 0.429. The van der Waals surface area contributed by atoms with Crippen molar-refractivity contribution < 1.29 is 14.3 Å². The maximum atomic E-state index is 11.9. The van der Waals surface area contributed by atoms with Crippen LogP contribution in [0.25, 0.3) is 10.9 Å². The van der Waals surface area contributed by atoms with E-state index in [1.165, 1.54) is 0 Å². The van der Waals surface area contributed by atoms with Crippen molar-refractivity contribution in [3.05, 3.63) is 58.6 Å². The number of amides is 1. The molecule has 1 aliphatic heterocycles. The minimum absolute atomic E-state index is 0.274. The fourth-order valence-corrected chi connectivity index (χ4v) is 4.71. The van der Waals surface area contributed by atoms with E-state index in [-0.39, 0.29) is 5.88 Å². The maximum absolute atomic E-state index is 11.9. The fourth-order valence-electron chi connectivity index (χ4n) is 4.30. The summed E-state index contributed by atoms with van der Waals surface area (Å²) in [6.45, 7) is 8.22. The Morgan fingerprint density at radius 2 is 1.84 bits per heavy atom. The molecule has 7 nitrogen and oxygen atoms in total. The molecular formula is C28H34Cl2N4O3. The van der Waals surface area contributed by atoms with E-state index in [1.807, 2.05) is 42.5 Å². The molecule has 9 heteroatoms. The second-order valence-corrected chi connectivity index (χ2v) is 9.92. The number of anilines is 1. The summed E-state index contributed by atoms with van der Waals surface area (Å²) in [4.78, 5) is 21.1. The lowest BCUT2D eigenvalue weighted by molar-refractivity contribution is 0.198. The molecule has 1 aromatic heterocycles. The molecule has 2 aromatic carbocycles. The van der Waals surface area contributed by atoms with Gasteiger partial charge in [0.15, 0.2) is 0 Å². The van der Waals surface area contributed by atoms with Gasteiger partial charge >= 0.3 is 6.09 Å². The summed E-state index contributed by atoms with van der Waals surface area (Å²) in [6, 6.07) is 15.2. The van der Waals surface area contributed by atoms with Crippen LogP contribution in [0.15, 0.2) is 48.5 Å². The van der Waals surface area contributed by atoms with E-state index in [0.717, 1.165) is 80.7 Å². The Labute approximate surface area is 228 Å². The molecule has 0 bridgehead atoms. The van der Waals surface area contributed by atoms with Crippen molar-refractivity contribution in [2.45, 2.75) is 32.6 Å². The smallest absolute Gasteiger partial charge is 0.413 e. The van der Waals surface area contributed by atoms with Crippen LogP contribution < -0.4 is 19.7 Å². The quantitative estimate of drug-likeness (QED) is 0.281. The summed E-state index contributed by atoms with van der Waals surface area (Å²) in [7, 11) is 0. The van der Waals surface area contributed by atoms with E-state index < -0.39 is 6.09 Å². The van der Waals surface area contributed by atoms with Gasteiger partial charge in [-0.2, -0.15) is 0 Å². The summed E-state index contributed by atoms with van der Waals surface area (Å²) in [5, 5.41) is 4.92. The lowest BCUT2D eigenvalue weighted by Gasteiger charge is -2.36. The average molecular weight is 546 g/mol. The Bertz CT molecular complexity index is 1190. The Kier molecular flexibility index (Phi) is 10.1. The SMILES string of the molecule is CCCCNC(=O)Oc1ccc2ccc(OCCCCN3CCN(c4cccc(Cl)c4Cl)CC3)cc2n1. The molecule has 0 saturated carbocycles. The molecule has 1 N–H and O–H groups in total. The molecule has 0 radical (unpaired) electrons. The summed E-state index contributed by atoms with van der Waals surface area (Å²) in [6.07, 6.45) is 3.47. The molecule has 1 amide bonds. The van der Waals surface area contributed by atoms with Gasteiger partial charge in [-0.05, 0) is 56.1 Å². The third-order valence-electron chi connectivity index (χ3n) is 6.42. The molecule has 0 unspecified atom stereocenters. The molecule has 1 aliphatic rings. The van der Waals surface area contributed by atoms with Crippen molar-refractivity contribution in [2.24, 2.45) is 0 Å². The Morgan fingerprint density at radius 1 is 1.03 bits per heavy atom. The topological polar surface area (TPSA) is 66.9 Å². The highest BCUT2D eigenvalue weighted by atomic mass is 35.5. The van der Waals surface area contributed by atoms with Crippen LogP contribution in [-0.2, 0) is 0 Å². The molecule has 3 aromatic rings. The van der Waals surface area contributed by atoms with Gasteiger partial charge in [0, 0.05) is 50.2 Å². The number of fused-ring (bicyclic) bond motifs is 1. The van der Waals surface area contributed by atoms with Gasteiger partial charge in [0.25, 0.3) is 0 Å². The lowest BCUT2D eigenvalue weighted by atomic mass is 10.2. The first-order valence-electron chi connectivity index (χ1n) is 12.9. The number of halogens is 2. The van der Waals surface area contributed by atoms with Gasteiger partial charge in [-0.25, -0.2) is 9.78 Å². The van der Waals surface area contributed by atoms with Crippen LogP contribution in [0.1, 0.15) is 32.6 Å². The van der Waals surface area contributed by atoms with Crippen LogP contribution in [0.5, 0.6) is 11.6 Å². The normalized spacial score (nSPS) is 14.1. The Hall–Kier alpha value is -2.74. The van der Waals surface area contributed by atoms with Gasteiger partial charge in [0.05, 0.1) is 27.9 Å². The number of hydrogen-bond donors (Lipinski definition) is 1. The van der Waals surface area contributed by atoms with E-state index >= 15 is 0 Å². The van der Waals surface area contributed by atoms with E-state index in [0.29, 0.717) is 23.2 Å². The highest BCUT2D eigenvalue weighted by Crippen LogP contribution is 2.33. The molecule has 198 valence electrons. The van der Waals surface area contributed by atoms with Crippen molar-refractivity contribution in [3.8, 4) is 11.6 Å². The molecule has 0 spiro atoms. The summed E-state index contributed by atoms with van der Waals surface area (Å²) < 4.78 is 11.3. The molecule has 4 rings (SSSR count). The zero-order valence-electron chi connectivity index (χ0n) is 21.2. The molecular weight excluding hydrogens is 511 g/mol. The van der Waals surface area contributed by atoms with Gasteiger partial charge in [0.1, 0.15) is 5.75 Å². The van der Waals surface area contributed by atoms with E-state index in [9.17, 15) is 4.79 Å². The second kappa shape index (κ2) is 13.7. The molecule has 1 fully saturated rings. The highest BCUT2D eigenvalue weighted by molar-refractivity contribution is 6.43. The first kappa shape index (κ1) is 27.3. The summed E-state index contributed by atoms with van der Waals surface area (Å²) in [5.41, 5.74) is 1.75. The van der Waals surface area contributed by atoms with Gasteiger partial charge in [-0.1, -0.05) is 42.6 Å². The second-order valence-electron chi connectivity index (χ2n) is 9.13. The van der Waals surface area contributed by atoms with Crippen LogP contribution in [0, 0.1) is 0 Å². The number of unbranched alkanes of at least 4 members (excludes halogenated alkanes) is 2. The highest BCUT2D eigenvalue weighted by Gasteiger charge is 2.19. The number of hydrogen-bond acceptors (Lipinski definition) is 6. The zero-order chi connectivity index (χ0) is 26.0. The monoisotopic (exact) mass is 544 g/mol. The molecule has 0 atom stereocenters. The number of piperazine rings is 1. The van der Waals surface area contributed by atoms with E-state index in [2.05, 4.69) is 27.0 Å². The number of carbonyl (C=O) groups excluding carboxylic acids is 1. The number of nitrogens with one attached hydrogen (secondary N) is 1. The molecule has 1 saturated heterocycles. The first-order valence-corrected chi connectivity index (χ1v) is 13.7. The van der Waals surface area contributed by atoms with Gasteiger partial charge < -0.3 is 19.7 Å². The van der Waals surface area contributed by atoms with Crippen LogP contribution in [0.2, 0.25) is 10.0 Å². The predicted octanol–water partition coefficient (Wildman–Crippen LogP) is 6.41. The van der Waals surface area contributed by atoms with Crippen molar-refractivity contribution >= 4 is 45.9 Å². The van der Waals surface area contributed by atoms with Crippen molar-refractivity contribution in [3.63, 3.8) is 0 Å². The maximum Gasteiger partial charge on any atom is 0.413 e. The number of carbonyl (C=O) groups is 1. The third kappa shape index (κ3) is 7.87. The van der Waals surface area contributed by atoms with E-state index in [1.54, 1.807) is 6.07 Å².